The van der Waals surface area contributed by atoms with Crippen molar-refractivity contribution in [1.82, 2.24) is 25.1 Å². The number of thiazole rings is 1. The van der Waals surface area contributed by atoms with E-state index in [0.29, 0.717) is 25.2 Å². The van der Waals surface area contributed by atoms with E-state index in [1.165, 1.54) is 23.5 Å². The Morgan fingerprint density at radius 1 is 1.42 bits per heavy atom. The van der Waals surface area contributed by atoms with Crippen molar-refractivity contribution < 1.29 is 9.18 Å². The Morgan fingerprint density at radius 3 is 3.04 bits per heavy atom. The summed E-state index contributed by atoms with van der Waals surface area (Å²) in [5.74, 6) is 0.309. The normalized spacial score (nSPS) is 10.8. The maximum Gasteiger partial charge on any atom is 0.270 e. The van der Waals surface area contributed by atoms with Gasteiger partial charge in [0.15, 0.2) is 0 Å². The summed E-state index contributed by atoms with van der Waals surface area (Å²) < 4.78 is 15.1. The van der Waals surface area contributed by atoms with Gasteiger partial charge in [0, 0.05) is 24.9 Å². The summed E-state index contributed by atoms with van der Waals surface area (Å²) >= 11 is 1.39. The molecule has 0 unspecified atom stereocenters. The number of rotatable bonds is 6. The Kier molecular flexibility index (Phi) is 4.95. The highest BCUT2D eigenvalue weighted by Gasteiger charge is 2.11. The molecular formula is C16H16FN5OS. The Balaban J connectivity index is 1.54. The van der Waals surface area contributed by atoms with Gasteiger partial charge in [0.2, 0.25) is 0 Å². The van der Waals surface area contributed by atoms with Gasteiger partial charge in [0.05, 0.1) is 5.01 Å². The van der Waals surface area contributed by atoms with Crippen LogP contribution in [0, 0.1) is 12.7 Å². The van der Waals surface area contributed by atoms with Crippen molar-refractivity contribution in [3.63, 3.8) is 0 Å². The average molecular weight is 345 g/mol. The lowest BCUT2D eigenvalue weighted by molar-refractivity contribution is 0.0947. The summed E-state index contributed by atoms with van der Waals surface area (Å²) in [5, 5.41) is 13.0. The zero-order valence-corrected chi connectivity index (χ0v) is 13.9. The van der Waals surface area contributed by atoms with Crippen molar-refractivity contribution in [1.29, 1.82) is 0 Å². The number of aryl methyl sites for hydroxylation is 1. The molecule has 0 saturated heterocycles. The lowest BCUT2D eigenvalue weighted by Gasteiger charge is -2.05. The third kappa shape index (κ3) is 4.02. The van der Waals surface area contributed by atoms with E-state index in [-0.39, 0.29) is 11.7 Å². The fourth-order valence-electron chi connectivity index (χ4n) is 2.23. The van der Waals surface area contributed by atoms with E-state index in [4.69, 9.17) is 0 Å². The average Bonchev–Trinajstić information content (AvgIpc) is 3.17. The highest BCUT2D eigenvalue weighted by Crippen LogP contribution is 2.15. The second-order valence-corrected chi connectivity index (χ2v) is 6.20. The van der Waals surface area contributed by atoms with E-state index in [9.17, 15) is 9.18 Å². The van der Waals surface area contributed by atoms with E-state index in [1.54, 1.807) is 17.8 Å². The zero-order chi connectivity index (χ0) is 16.9. The minimum Gasteiger partial charge on any atom is -0.349 e. The molecule has 0 aliphatic heterocycles. The van der Waals surface area contributed by atoms with Crippen molar-refractivity contribution in [3.05, 3.63) is 63.9 Å². The first-order valence-corrected chi connectivity index (χ1v) is 8.31. The van der Waals surface area contributed by atoms with Crippen molar-refractivity contribution in [2.75, 3.05) is 6.54 Å². The Labute approximate surface area is 142 Å². The predicted octanol–water partition coefficient (Wildman–Crippen LogP) is 2.20. The SMILES string of the molecule is Cc1nncn1CCNC(=O)c1csc(Cc2cccc(F)c2)n1. The largest absolute Gasteiger partial charge is 0.349 e. The van der Waals surface area contributed by atoms with Gasteiger partial charge in [-0.2, -0.15) is 0 Å². The van der Waals surface area contributed by atoms with Crippen LogP contribution in [-0.2, 0) is 13.0 Å². The number of carbonyl (C=O) groups excluding carboxylic acids is 1. The third-order valence-corrected chi connectivity index (χ3v) is 4.32. The molecule has 0 aliphatic carbocycles. The van der Waals surface area contributed by atoms with Crippen LogP contribution in [-0.4, -0.2) is 32.2 Å². The summed E-state index contributed by atoms with van der Waals surface area (Å²) in [7, 11) is 0. The van der Waals surface area contributed by atoms with Crippen LogP contribution in [0.25, 0.3) is 0 Å². The number of nitrogens with one attached hydrogen (secondary N) is 1. The standard InChI is InChI=1S/C16H16FN5OS/c1-11-21-19-10-22(11)6-5-18-16(23)14-9-24-15(20-14)8-12-3-2-4-13(17)7-12/h2-4,7,9-10H,5-6,8H2,1H3,(H,18,23). The topological polar surface area (TPSA) is 72.7 Å². The predicted molar refractivity (Wildman–Crippen MR) is 88.4 cm³/mol. The van der Waals surface area contributed by atoms with Gasteiger partial charge in [0.25, 0.3) is 5.91 Å². The summed E-state index contributed by atoms with van der Waals surface area (Å²) in [6.45, 7) is 2.92. The fraction of sp³-hybridized carbons (Fsp3) is 0.250. The molecule has 1 amide bonds. The molecular weight excluding hydrogens is 329 g/mol. The summed E-state index contributed by atoms with van der Waals surface area (Å²) in [5.41, 5.74) is 1.21. The van der Waals surface area contributed by atoms with E-state index < -0.39 is 0 Å². The van der Waals surface area contributed by atoms with Gasteiger partial charge in [-0.3, -0.25) is 4.79 Å². The molecule has 0 radical (unpaired) electrons. The summed E-state index contributed by atoms with van der Waals surface area (Å²) in [4.78, 5) is 16.4. The molecule has 1 aromatic carbocycles. The van der Waals surface area contributed by atoms with Gasteiger partial charge >= 0.3 is 0 Å². The van der Waals surface area contributed by atoms with E-state index >= 15 is 0 Å². The highest BCUT2D eigenvalue weighted by atomic mass is 32.1. The number of halogens is 1. The van der Waals surface area contributed by atoms with Crippen LogP contribution in [0.3, 0.4) is 0 Å². The molecule has 2 aromatic heterocycles. The lowest BCUT2D eigenvalue weighted by Crippen LogP contribution is -2.27. The summed E-state index contributed by atoms with van der Waals surface area (Å²) in [6, 6.07) is 6.38. The van der Waals surface area contributed by atoms with Crippen LogP contribution in [0.2, 0.25) is 0 Å². The molecule has 0 fully saturated rings. The van der Waals surface area contributed by atoms with Gasteiger partial charge < -0.3 is 9.88 Å². The number of benzene rings is 1. The molecule has 0 saturated carbocycles. The number of hydrogen-bond acceptors (Lipinski definition) is 5. The Bertz CT molecular complexity index is 844. The van der Waals surface area contributed by atoms with Crippen LogP contribution in [0.4, 0.5) is 4.39 Å². The van der Waals surface area contributed by atoms with E-state index in [1.807, 2.05) is 17.6 Å². The van der Waals surface area contributed by atoms with Crippen molar-refractivity contribution in [2.24, 2.45) is 0 Å². The van der Waals surface area contributed by atoms with E-state index in [2.05, 4.69) is 20.5 Å². The van der Waals surface area contributed by atoms with Gasteiger partial charge in [-0.15, -0.1) is 21.5 Å². The molecule has 0 spiro atoms. The van der Waals surface area contributed by atoms with Gasteiger partial charge in [0.1, 0.15) is 23.7 Å². The quantitative estimate of drug-likeness (QED) is 0.743. The number of nitrogens with zero attached hydrogens (tertiary/aromatic N) is 4. The number of hydrogen-bond donors (Lipinski definition) is 1. The molecule has 0 bridgehead atoms. The second kappa shape index (κ2) is 7.31. The van der Waals surface area contributed by atoms with Crippen LogP contribution >= 0.6 is 11.3 Å². The van der Waals surface area contributed by atoms with Gasteiger partial charge in [-0.05, 0) is 24.6 Å². The first kappa shape index (κ1) is 16.3. The first-order chi connectivity index (χ1) is 11.6. The van der Waals surface area contributed by atoms with Crippen LogP contribution in [0.1, 0.15) is 26.9 Å². The van der Waals surface area contributed by atoms with Crippen LogP contribution in [0.15, 0.2) is 36.0 Å². The monoisotopic (exact) mass is 345 g/mol. The maximum atomic E-state index is 13.2. The van der Waals surface area contributed by atoms with Crippen LogP contribution < -0.4 is 5.32 Å². The minimum atomic E-state index is -0.272. The van der Waals surface area contributed by atoms with Crippen molar-refractivity contribution in [3.8, 4) is 0 Å². The molecule has 6 nitrogen and oxygen atoms in total. The Hall–Kier alpha value is -2.61. The lowest BCUT2D eigenvalue weighted by atomic mass is 10.1. The molecule has 124 valence electrons. The molecule has 0 atom stereocenters. The van der Waals surface area contributed by atoms with Gasteiger partial charge in [-0.1, -0.05) is 12.1 Å². The number of aromatic nitrogens is 4. The first-order valence-electron chi connectivity index (χ1n) is 7.43. The molecule has 3 aromatic rings. The number of carbonyl (C=O) groups is 1. The molecule has 0 aliphatic rings. The summed E-state index contributed by atoms with van der Waals surface area (Å²) in [6.07, 6.45) is 2.14. The third-order valence-electron chi connectivity index (χ3n) is 3.48. The molecule has 2 heterocycles. The molecule has 24 heavy (non-hydrogen) atoms. The van der Waals surface area contributed by atoms with E-state index in [0.717, 1.165) is 16.4 Å². The minimum absolute atomic E-state index is 0.220. The second-order valence-electron chi connectivity index (χ2n) is 5.26. The fourth-order valence-corrected chi connectivity index (χ4v) is 3.04. The highest BCUT2D eigenvalue weighted by molar-refractivity contribution is 7.09. The maximum absolute atomic E-state index is 13.2. The van der Waals surface area contributed by atoms with Crippen molar-refractivity contribution >= 4 is 17.2 Å². The van der Waals surface area contributed by atoms with Gasteiger partial charge in [-0.25, -0.2) is 9.37 Å². The van der Waals surface area contributed by atoms with Crippen LogP contribution in [0.5, 0.6) is 0 Å². The molecule has 1 N–H and O–H groups in total. The number of amides is 1. The molecule has 8 heteroatoms. The molecule has 3 rings (SSSR count). The zero-order valence-electron chi connectivity index (χ0n) is 13.1. The van der Waals surface area contributed by atoms with Crippen molar-refractivity contribution in [2.45, 2.75) is 19.9 Å². The Morgan fingerprint density at radius 2 is 2.29 bits per heavy atom. The smallest absolute Gasteiger partial charge is 0.270 e.